The molecule has 1 aromatic carbocycles. The predicted octanol–water partition coefficient (Wildman–Crippen LogP) is 2.02. The number of aryl methyl sites for hydroxylation is 4. The van der Waals surface area contributed by atoms with Crippen LogP contribution in [0.3, 0.4) is 0 Å². The van der Waals surface area contributed by atoms with Crippen molar-refractivity contribution in [3.63, 3.8) is 0 Å². The summed E-state index contributed by atoms with van der Waals surface area (Å²) in [5, 5.41) is 13.1. The summed E-state index contributed by atoms with van der Waals surface area (Å²) in [5.41, 5.74) is 14.3. The molecule has 0 aliphatic carbocycles. The first-order chi connectivity index (χ1) is 32.7. The van der Waals surface area contributed by atoms with Gasteiger partial charge in [0.1, 0.15) is 28.1 Å². The van der Waals surface area contributed by atoms with Gasteiger partial charge in [-0.15, -0.1) is 0 Å². The number of nitrogens with two attached hydrogens (primary N) is 2. The molecular formula is C45H55N15O8. The van der Waals surface area contributed by atoms with Gasteiger partial charge in [-0.3, -0.25) is 48.8 Å². The molecule has 6 aromatic rings. The molecule has 2 fully saturated rings. The highest BCUT2D eigenvalue weighted by atomic mass is 16.5. The molecule has 5 amide bonds. The van der Waals surface area contributed by atoms with E-state index >= 15 is 0 Å². The smallest absolute Gasteiger partial charge is 0.295 e. The Balaban J connectivity index is 1.06. The molecule has 7 heterocycles. The molecule has 0 bridgehead atoms. The minimum atomic E-state index is -0.691. The molecule has 2 aliphatic rings. The number of fused-ring (bicyclic) bond motifs is 2. The van der Waals surface area contributed by atoms with Crippen molar-refractivity contribution >= 4 is 63.6 Å². The molecule has 2 saturated heterocycles. The zero-order valence-electron chi connectivity index (χ0n) is 38.6. The van der Waals surface area contributed by atoms with Gasteiger partial charge < -0.3 is 40.1 Å². The Morgan fingerprint density at radius 1 is 0.882 bits per heavy atom. The summed E-state index contributed by atoms with van der Waals surface area (Å²) in [4.78, 5) is 86.9. The number of nitrogens with one attached hydrogen (secondary N) is 3. The van der Waals surface area contributed by atoms with Crippen molar-refractivity contribution in [2.75, 3.05) is 70.2 Å². The number of carbonyl (C=O) groups is 5. The molecule has 23 nitrogen and oxygen atoms in total. The highest BCUT2D eigenvalue weighted by molar-refractivity contribution is 6.05. The van der Waals surface area contributed by atoms with Crippen molar-refractivity contribution in [1.29, 1.82) is 0 Å². The number of aromatic nitrogens is 8. The van der Waals surface area contributed by atoms with Gasteiger partial charge in [0.2, 0.25) is 35.4 Å². The number of primary amides is 2. The predicted molar refractivity (Wildman–Crippen MR) is 248 cm³/mol. The Bertz CT molecular complexity index is 2940. The second kappa shape index (κ2) is 19.8. The van der Waals surface area contributed by atoms with E-state index in [1.807, 2.05) is 30.9 Å². The summed E-state index contributed by atoms with van der Waals surface area (Å²) in [6, 6.07) is 6.28. The number of nitrogens with zero attached hydrogens (tertiary/aromatic N) is 10. The first-order valence-corrected chi connectivity index (χ1v) is 22.4. The number of likely N-dealkylation sites (tertiary alicyclic amines) is 1. The fourth-order valence-electron chi connectivity index (χ4n) is 8.62. The van der Waals surface area contributed by atoms with Crippen molar-refractivity contribution in [3.8, 4) is 5.75 Å². The number of rotatable bonds is 19. The fourth-order valence-corrected chi connectivity index (χ4v) is 8.62. The monoisotopic (exact) mass is 933 g/mol. The third-order valence-corrected chi connectivity index (χ3v) is 11.8. The van der Waals surface area contributed by atoms with Crippen LogP contribution in [0.1, 0.15) is 79.3 Å². The topological polar surface area (TPSA) is 291 Å². The lowest BCUT2D eigenvalue weighted by Crippen LogP contribution is -2.70. The van der Waals surface area contributed by atoms with E-state index in [0.717, 1.165) is 0 Å². The van der Waals surface area contributed by atoms with E-state index in [1.54, 1.807) is 46.8 Å². The van der Waals surface area contributed by atoms with Crippen LogP contribution in [0.2, 0.25) is 0 Å². The fraction of sp³-hybridized carbons (Fsp3) is 0.422. The average Bonchev–Trinajstić information content (AvgIpc) is 4.07. The van der Waals surface area contributed by atoms with E-state index in [1.165, 1.54) is 18.3 Å². The van der Waals surface area contributed by atoms with Crippen LogP contribution in [0.25, 0.3) is 22.2 Å². The molecule has 1 spiro atoms. The van der Waals surface area contributed by atoms with E-state index < -0.39 is 29.2 Å². The van der Waals surface area contributed by atoms with Crippen LogP contribution in [0.15, 0.2) is 47.0 Å². The molecule has 0 saturated carbocycles. The van der Waals surface area contributed by atoms with Crippen LogP contribution in [-0.2, 0) is 35.6 Å². The largest absolute Gasteiger partial charge is 0.491 e. The van der Waals surface area contributed by atoms with Gasteiger partial charge in [0.25, 0.3) is 11.8 Å². The highest BCUT2D eigenvalue weighted by Crippen LogP contribution is 2.33. The lowest BCUT2D eigenvalue weighted by atomic mass is 9.91. The Labute approximate surface area is 390 Å². The summed E-state index contributed by atoms with van der Waals surface area (Å²) >= 11 is 0. The molecule has 2 aliphatic heterocycles. The van der Waals surface area contributed by atoms with E-state index in [-0.39, 0.29) is 60.9 Å². The molecule has 68 heavy (non-hydrogen) atoms. The zero-order valence-corrected chi connectivity index (χ0v) is 38.6. The minimum absolute atomic E-state index is 0.0443. The number of benzene rings is 1. The number of hydrogen-bond donors (Lipinski definition) is 5. The lowest BCUT2D eigenvalue weighted by molar-refractivity contribution is -0.188. The number of hydrogen-bond acceptors (Lipinski definition) is 15. The molecular weight excluding hydrogens is 879 g/mol. The van der Waals surface area contributed by atoms with Crippen LogP contribution >= 0.6 is 0 Å². The van der Waals surface area contributed by atoms with E-state index in [0.29, 0.717) is 110 Å². The Morgan fingerprint density at radius 2 is 1.59 bits per heavy atom. The average molecular weight is 934 g/mol. The number of likely N-dealkylation sites (N-methyl/N-ethyl adjacent to an activating group) is 1. The maximum Gasteiger partial charge on any atom is 0.295 e. The Morgan fingerprint density at radius 3 is 2.31 bits per heavy atom. The number of morpholine rings is 1. The molecule has 8 rings (SSSR count). The van der Waals surface area contributed by atoms with E-state index in [4.69, 9.17) is 30.3 Å². The number of ether oxygens (including phenoxy) is 2. The van der Waals surface area contributed by atoms with Gasteiger partial charge in [0, 0.05) is 64.5 Å². The van der Waals surface area contributed by atoms with Gasteiger partial charge >= 0.3 is 0 Å². The van der Waals surface area contributed by atoms with Crippen molar-refractivity contribution in [2.45, 2.75) is 65.8 Å². The van der Waals surface area contributed by atoms with Gasteiger partial charge in [-0.05, 0) is 58.0 Å². The normalized spacial score (nSPS) is 14.8. The van der Waals surface area contributed by atoms with Crippen LogP contribution < -0.4 is 32.2 Å². The SMILES string of the molecule is CCc1nc(C)oc1C(=O)Nc1nc2cc(C(N)=O)cc(OCCCN3CC4(C3)CN(C(=O)CNC)CCO4)c2n1C/C=C/Cn1c(NC(=O)c2cc(C)nn2CC)nc2cc(C(N)=O)cnc21. The highest BCUT2D eigenvalue weighted by Gasteiger charge is 2.47. The van der Waals surface area contributed by atoms with Crippen molar-refractivity contribution in [3.05, 3.63) is 82.5 Å². The molecule has 5 aromatic heterocycles. The standard InChI is InChI=1S/C45H55N15O8/c1-6-30-37(68-27(4)50-30)42(65)54-43-51-31-18-28(38(46)62)20-34(66-15-10-11-56-23-45(24-56)25-57(14-16-67-45)35(61)22-48-5)36(31)58(43)12-8-9-13-59-40-32(19-29(21-49-40)39(47)63)52-44(59)53-41(64)33-17-26(3)55-60(33)7-2/h8-9,17-21,48H,6-7,10-16,22-25H2,1-5H3,(H2,46,62)(H2,47,63)(H,51,54,65)(H,52,53,64)/b9-8+. The molecule has 7 N–H and O–H groups in total. The van der Waals surface area contributed by atoms with E-state index in [2.05, 4.69) is 40.9 Å². The minimum Gasteiger partial charge on any atom is -0.491 e. The summed E-state index contributed by atoms with van der Waals surface area (Å²) in [6.07, 6.45) is 6.05. The molecule has 0 atom stereocenters. The quantitative estimate of drug-likeness (QED) is 0.0574. The zero-order chi connectivity index (χ0) is 48.3. The third kappa shape index (κ3) is 9.80. The number of anilines is 2. The van der Waals surface area contributed by atoms with Gasteiger partial charge in [0.15, 0.2) is 11.5 Å². The summed E-state index contributed by atoms with van der Waals surface area (Å²) < 4.78 is 23.3. The second-order valence-electron chi connectivity index (χ2n) is 16.7. The maximum atomic E-state index is 13.8. The number of oxazole rings is 1. The Hall–Kier alpha value is -7.50. The number of allylic oxidation sites excluding steroid dienone is 2. The first kappa shape index (κ1) is 47.0. The molecule has 0 radical (unpaired) electrons. The van der Waals surface area contributed by atoms with E-state index in [9.17, 15) is 24.0 Å². The molecule has 0 unspecified atom stereocenters. The van der Waals surface area contributed by atoms with Gasteiger partial charge in [-0.1, -0.05) is 19.1 Å². The summed E-state index contributed by atoms with van der Waals surface area (Å²) in [5.74, 6) is -1.35. The van der Waals surface area contributed by atoms with Gasteiger partial charge in [-0.2, -0.15) is 5.10 Å². The molecule has 358 valence electrons. The summed E-state index contributed by atoms with van der Waals surface area (Å²) in [7, 11) is 1.75. The van der Waals surface area contributed by atoms with Crippen LogP contribution in [0, 0.1) is 13.8 Å². The molecule has 23 heteroatoms. The second-order valence-corrected chi connectivity index (χ2v) is 16.7. The van der Waals surface area contributed by atoms with Crippen LogP contribution in [-0.4, -0.2) is 143 Å². The van der Waals surface area contributed by atoms with Crippen LogP contribution in [0.4, 0.5) is 11.9 Å². The van der Waals surface area contributed by atoms with Gasteiger partial charge in [0.05, 0.1) is 48.8 Å². The van der Waals surface area contributed by atoms with Crippen molar-refractivity contribution in [1.82, 2.24) is 54.0 Å². The summed E-state index contributed by atoms with van der Waals surface area (Å²) in [6.45, 7) is 12.1. The van der Waals surface area contributed by atoms with Crippen molar-refractivity contribution in [2.24, 2.45) is 11.5 Å². The van der Waals surface area contributed by atoms with Crippen molar-refractivity contribution < 1.29 is 37.9 Å². The number of imidazole rings is 2. The number of carbonyl (C=O) groups excluding carboxylic acids is 5. The third-order valence-electron chi connectivity index (χ3n) is 11.8. The number of amides is 5. The number of pyridine rings is 1. The van der Waals surface area contributed by atoms with Crippen LogP contribution in [0.5, 0.6) is 5.75 Å². The first-order valence-electron chi connectivity index (χ1n) is 22.4. The van der Waals surface area contributed by atoms with Gasteiger partial charge in [-0.25, -0.2) is 19.9 Å². The Kier molecular flexibility index (Phi) is 13.7. The maximum absolute atomic E-state index is 13.8. The lowest BCUT2D eigenvalue weighted by Gasteiger charge is -2.54.